The molecule has 5 heteroatoms. The second-order valence-corrected chi connectivity index (χ2v) is 6.57. The molecule has 0 spiro atoms. The summed E-state index contributed by atoms with van der Waals surface area (Å²) in [7, 11) is -3.64. The standard InChI is InChI=1S/C16H14N2O2S/c1-13-10-16(14-6-3-2-4-7-14)18(12-13)21(19,20)15-8-5-9-17-11-15/h2-12H,1H3. The van der Waals surface area contributed by atoms with E-state index in [2.05, 4.69) is 4.98 Å². The Morgan fingerprint density at radius 2 is 1.81 bits per heavy atom. The van der Waals surface area contributed by atoms with Gasteiger partial charge in [0.15, 0.2) is 0 Å². The van der Waals surface area contributed by atoms with Crippen molar-refractivity contribution >= 4 is 10.0 Å². The highest BCUT2D eigenvalue weighted by atomic mass is 32.2. The lowest BCUT2D eigenvalue weighted by Gasteiger charge is -2.10. The molecule has 0 amide bonds. The van der Waals surface area contributed by atoms with Crippen LogP contribution >= 0.6 is 0 Å². The molecule has 0 unspecified atom stereocenters. The third-order valence-corrected chi connectivity index (χ3v) is 4.84. The second-order valence-electron chi connectivity index (χ2n) is 4.76. The fourth-order valence-electron chi connectivity index (χ4n) is 2.20. The molecule has 0 radical (unpaired) electrons. The number of rotatable bonds is 3. The monoisotopic (exact) mass is 298 g/mol. The maximum atomic E-state index is 12.8. The Labute approximate surface area is 123 Å². The van der Waals surface area contributed by atoms with E-state index in [4.69, 9.17) is 0 Å². The summed E-state index contributed by atoms with van der Waals surface area (Å²) in [5, 5.41) is 0. The smallest absolute Gasteiger partial charge is 0.263 e. The maximum Gasteiger partial charge on any atom is 0.269 e. The van der Waals surface area contributed by atoms with Gasteiger partial charge < -0.3 is 0 Å². The lowest BCUT2D eigenvalue weighted by molar-refractivity contribution is 0.587. The number of pyridine rings is 1. The predicted molar refractivity (Wildman–Crippen MR) is 81.4 cm³/mol. The van der Waals surface area contributed by atoms with E-state index in [9.17, 15) is 8.42 Å². The molecule has 3 aromatic rings. The molecular formula is C16H14N2O2S. The third-order valence-electron chi connectivity index (χ3n) is 3.18. The second kappa shape index (κ2) is 5.18. The Hall–Kier alpha value is -2.40. The van der Waals surface area contributed by atoms with Crippen molar-refractivity contribution in [2.24, 2.45) is 0 Å². The molecule has 0 saturated carbocycles. The molecule has 4 nitrogen and oxygen atoms in total. The Morgan fingerprint density at radius 1 is 1.05 bits per heavy atom. The van der Waals surface area contributed by atoms with Gasteiger partial charge >= 0.3 is 0 Å². The van der Waals surface area contributed by atoms with Gasteiger partial charge in [-0.3, -0.25) is 4.98 Å². The van der Waals surface area contributed by atoms with E-state index in [1.807, 2.05) is 43.3 Å². The van der Waals surface area contributed by atoms with Crippen LogP contribution in [0.1, 0.15) is 5.56 Å². The minimum atomic E-state index is -3.64. The van der Waals surface area contributed by atoms with E-state index in [1.165, 1.54) is 10.2 Å². The topological polar surface area (TPSA) is 52.0 Å². The van der Waals surface area contributed by atoms with Crippen molar-refractivity contribution in [2.75, 3.05) is 0 Å². The summed E-state index contributed by atoms with van der Waals surface area (Å²) in [5.74, 6) is 0. The van der Waals surface area contributed by atoms with Gasteiger partial charge in [-0.15, -0.1) is 0 Å². The Balaban J connectivity index is 2.21. The van der Waals surface area contributed by atoms with Gasteiger partial charge in [0.2, 0.25) is 0 Å². The van der Waals surface area contributed by atoms with Gasteiger partial charge in [0.25, 0.3) is 10.0 Å². The first kappa shape index (κ1) is 13.6. The first-order valence-electron chi connectivity index (χ1n) is 6.49. The van der Waals surface area contributed by atoms with E-state index in [0.29, 0.717) is 5.69 Å². The van der Waals surface area contributed by atoms with Crippen LogP contribution in [0.3, 0.4) is 0 Å². The molecule has 21 heavy (non-hydrogen) atoms. The van der Waals surface area contributed by atoms with Crippen molar-refractivity contribution in [3.8, 4) is 11.3 Å². The lowest BCUT2D eigenvalue weighted by atomic mass is 10.1. The average molecular weight is 298 g/mol. The molecule has 2 heterocycles. The zero-order valence-corrected chi connectivity index (χ0v) is 12.3. The highest BCUT2D eigenvalue weighted by Crippen LogP contribution is 2.26. The first-order valence-corrected chi connectivity index (χ1v) is 7.93. The molecule has 106 valence electrons. The fourth-order valence-corrected chi connectivity index (χ4v) is 3.60. The van der Waals surface area contributed by atoms with Crippen LogP contribution in [-0.2, 0) is 10.0 Å². The SMILES string of the molecule is Cc1cc(-c2ccccc2)n(S(=O)(=O)c2cccnc2)c1. The summed E-state index contributed by atoms with van der Waals surface area (Å²) in [4.78, 5) is 4.07. The molecule has 1 aromatic carbocycles. The Morgan fingerprint density at radius 3 is 2.48 bits per heavy atom. The van der Waals surface area contributed by atoms with Crippen molar-refractivity contribution < 1.29 is 8.42 Å². The van der Waals surface area contributed by atoms with Crippen molar-refractivity contribution in [1.29, 1.82) is 0 Å². The van der Waals surface area contributed by atoms with Gasteiger partial charge in [0, 0.05) is 18.6 Å². The van der Waals surface area contributed by atoms with E-state index in [-0.39, 0.29) is 4.90 Å². The van der Waals surface area contributed by atoms with Gasteiger partial charge in [0.05, 0.1) is 5.69 Å². The third kappa shape index (κ3) is 2.48. The normalized spacial score (nSPS) is 11.5. The van der Waals surface area contributed by atoms with E-state index < -0.39 is 10.0 Å². The maximum absolute atomic E-state index is 12.8. The highest BCUT2D eigenvalue weighted by Gasteiger charge is 2.21. The van der Waals surface area contributed by atoms with Crippen LogP contribution in [0.5, 0.6) is 0 Å². The lowest BCUT2D eigenvalue weighted by Crippen LogP contribution is -2.13. The fraction of sp³-hybridized carbons (Fsp3) is 0.0625. The predicted octanol–water partition coefficient (Wildman–Crippen LogP) is 3.10. The molecular weight excluding hydrogens is 284 g/mol. The number of nitrogens with zero attached hydrogens (tertiary/aromatic N) is 2. The average Bonchev–Trinajstić information content (AvgIpc) is 2.92. The molecule has 0 aliphatic heterocycles. The zero-order valence-electron chi connectivity index (χ0n) is 11.5. The molecule has 0 atom stereocenters. The molecule has 0 aliphatic rings. The Kier molecular flexibility index (Phi) is 3.35. The highest BCUT2D eigenvalue weighted by molar-refractivity contribution is 7.90. The molecule has 0 fully saturated rings. The van der Waals surface area contributed by atoms with Crippen LogP contribution in [-0.4, -0.2) is 17.4 Å². The molecule has 3 rings (SSSR count). The summed E-state index contributed by atoms with van der Waals surface area (Å²) in [5.41, 5.74) is 2.40. The molecule has 0 aliphatic carbocycles. The van der Waals surface area contributed by atoms with Crippen LogP contribution in [0.15, 0.2) is 72.0 Å². The van der Waals surface area contributed by atoms with Crippen LogP contribution in [0.25, 0.3) is 11.3 Å². The molecule has 0 N–H and O–H groups in total. The van der Waals surface area contributed by atoms with Crippen molar-refractivity contribution in [3.63, 3.8) is 0 Å². The van der Waals surface area contributed by atoms with Gasteiger partial charge in [-0.05, 0) is 36.2 Å². The minimum Gasteiger partial charge on any atom is -0.263 e. The van der Waals surface area contributed by atoms with Gasteiger partial charge in [0.1, 0.15) is 4.90 Å². The van der Waals surface area contributed by atoms with E-state index in [0.717, 1.165) is 11.1 Å². The van der Waals surface area contributed by atoms with E-state index >= 15 is 0 Å². The number of hydrogen-bond donors (Lipinski definition) is 0. The largest absolute Gasteiger partial charge is 0.269 e. The van der Waals surface area contributed by atoms with Crippen molar-refractivity contribution in [2.45, 2.75) is 11.8 Å². The van der Waals surface area contributed by atoms with Gasteiger partial charge in [-0.1, -0.05) is 30.3 Å². The summed E-state index contributed by atoms with van der Waals surface area (Å²) < 4.78 is 26.8. The summed E-state index contributed by atoms with van der Waals surface area (Å²) in [6, 6.07) is 14.5. The van der Waals surface area contributed by atoms with Crippen molar-refractivity contribution in [1.82, 2.24) is 8.96 Å². The van der Waals surface area contributed by atoms with E-state index in [1.54, 1.807) is 24.5 Å². The van der Waals surface area contributed by atoms with Crippen LogP contribution in [0, 0.1) is 6.92 Å². The number of hydrogen-bond acceptors (Lipinski definition) is 3. The molecule has 0 saturated heterocycles. The summed E-state index contributed by atoms with van der Waals surface area (Å²) in [6.45, 7) is 1.88. The van der Waals surface area contributed by atoms with Crippen LogP contribution in [0.2, 0.25) is 0 Å². The summed E-state index contributed by atoms with van der Waals surface area (Å²) >= 11 is 0. The zero-order chi connectivity index (χ0) is 14.9. The summed E-state index contributed by atoms with van der Waals surface area (Å²) in [6.07, 6.45) is 4.54. The quantitative estimate of drug-likeness (QED) is 0.746. The van der Waals surface area contributed by atoms with Gasteiger partial charge in [-0.25, -0.2) is 12.4 Å². The number of aryl methyl sites for hydroxylation is 1. The van der Waals surface area contributed by atoms with Crippen LogP contribution in [0.4, 0.5) is 0 Å². The number of aromatic nitrogens is 2. The first-order chi connectivity index (χ1) is 10.1. The molecule has 2 aromatic heterocycles. The Bertz CT molecular complexity index is 854. The van der Waals surface area contributed by atoms with Crippen LogP contribution < -0.4 is 0 Å². The number of benzene rings is 1. The molecule has 0 bridgehead atoms. The van der Waals surface area contributed by atoms with Crippen molar-refractivity contribution in [3.05, 3.63) is 72.7 Å². The minimum absolute atomic E-state index is 0.179. The van der Waals surface area contributed by atoms with Gasteiger partial charge in [-0.2, -0.15) is 0 Å².